The normalized spacial score (nSPS) is 13.4. The van der Waals surface area contributed by atoms with Crippen molar-refractivity contribution in [2.45, 2.75) is 30.7 Å². The zero-order chi connectivity index (χ0) is 20.7. The second-order valence-corrected chi connectivity index (χ2v) is 7.79. The maximum absolute atomic E-state index is 12.8. The third kappa shape index (κ3) is 5.17. The second kappa shape index (κ2) is 9.48. The third-order valence-electron chi connectivity index (χ3n) is 4.10. The van der Waals surface area contributed by atoms with Crippen molar-refractivity contribution in [1.29, 1.82) is 0 Å². The number of hydrogen-bond acceptors (Lipinski definition) is 6. The Bertz CT molecular complexity index is 909. The van der Waals surface area contributed by atoms with Crippen LogP contribution in [0, 0.1) is 6.92 Å². The predicted octanol–water partition coefficient (Wildman–Crippen LogP) is 2.16. The van der Waals surface area contributed by atoms with Crippen LogP contribution >= 0.6 is 0 Å². The van der Waals surface area contributed by atoms with Crippen molar-refractivity contribution in [2.24, 2.45) is 0 Å². The van der Waals surface area contributed by atoms with Crippen molar-refractivity contribution in [3.05, 3.63) is 65.7 Å². The van der Waals surface area contributed by atoms with Crippen molar-refractivity contribution in [2.75, 3.05) is 13.7 Å². The van der Waals surface area contributed by atoms with E-state index in [9.17, 15) is 18.0 Å². The summed E-state index contributed by atoms with van der Waals surface area (Å²) in [7, 11) is -2.92. The monoisotopic (exact) mass is 405 g/mol. The van der Waals surface area contributed by atoms with Gasteiger partial charge in [-0.05, 0) is 31.5 Å². The first-order chi connectivity index (χ1) is 13.3. The molecule has 2 aromatic rings. The molecule has 0 saturated carbocycles. The summed E-state index contributed by atoms with van der Waals surface area (Å²) >= 11 is 0. The van der Waals surface area contributed by atoms with Gasteiger partial charge in [0.1, 0.15) is 12.0 Å². The number of ether oxygens (including phenoxy) is 2. The van der Waals surface area contributed by atoms with Gasteiger partial charge in [0.05, 0.1) is 18.6 Å². The van der Waals surface area contributed by atoms with Gasteiger partial charge in [-0.3, -0.25) is 9.59 Å². The Morgan fingerprint density at radius 2 is 1.61 bits per heavy atom. The number of rotatable bonds is 8. The van der Waals surface area contributed by atoms with Gasteiger partial charge in [0.25, 0.3) is 0 Å². The summed E-state index contributed by atoms with van der Waals surface area (Å²) in [4.78, 5) is 25.0. The van der Waals surface area contributed by atoms with Gasteiger partial charge >= 0.3 is 11.9 Å². The van der Waals surface area contributed by atoms with Crippen LogP contribution in [0.3, 0.4) is 0 Å². The van der Waals surface area contributed by atoms with E-state index < -0.39 is 33.9 Å². The van der Waals surface area contributed by atoms with Gasteiger partial charge in [-0.15, -0.1) is 0 Å². The van der Waals surface area contributed by atoms with Gasteiger partial charge in [-0.2, -0.15) is 4.72 Å². The van der Waals surface area contributed by atoms with E-state index in [1.807, 2.05) is 6.92 Å². The molecule has 0 unspecified atom stereocenters. The van der Waals surface area contributed by atoms with Crippen LogP contribution in [-0.4, -0.2) is 40.1 Å². The average Bonchev–Trinajstić information content (AvgIpc) is 2.68. The van der Waals surface area contributed by atoms with Gasteiger partial charge in [0.15, 0.2) is 0 Å². The van der Waals surface area contributed by atoms with Crippen molar-refractivity contribution in [3.63, 3.8) is 0 Å². The molecule has 0 spiro atoms. The molecule has 2 atom stereocenters. The number of nitrogens with one attached hydrogen (secondary N) is 1. The summed E-state index contributed by atoms with van der Waals surface area (Å²) in [6, 6.07) is 13.0. The molecular weight excluding hydrogens is 382 g/mol. The maximum Gasteiger partial charge on any atom is 0.325 e. The van der Waals surface area contributed by atoms with Crippen LogP contribution in [0.5, 0.6) is 0 Å². The van der Waals surface area contributed by atoms with E-state index >= 15 is 0 Å². The Balaban J connectivity index is 2.49. The van der Waals surface area contributed by atoms with Crippen molar-refractivity contribution >= 4 is 22.0 Å². The summed E-state index contributed by atoms with van der Waals surface area (Å²) in [6.07, 6.45) is 0. The third-order valence-corrected chi connectivity index (χ3v) is 5.56. The van der Waals surface area contributed by atoms with Crippen LogP contribution < -0.4 is 4.72 Å². The van der Waals surface area contributed by atoms with Crippen LogP contribution in [0.4, 0.5) is 0 Å². The van der Waals surface area contributed by atoms with E-state index in [4.69, 9.17) is 9.47 Å². The molecule has 2 aromatic carbocycles. The van der Waals surface area contributed by atoms with Gasteiger partial charge in [-0.1, -0.05) is 48.0 Å². The Morgan fingerprint density at radius 3 is 2.14 bits per heavy atom. The Labute approximate surface area is 164 Å². The van der Waals surface area contributed by atoms with E-state index in [0.29, 0.717) is 5.56 Å². The minimum atomic E-state index is -4.09. The van der Waals surface area contributed by atoms with Crippen LogP contribution in [0.15, 0.2) is 59.5 Å². The minimum absolute atomic E-state index is 0.0240. The molecule has 0 saturated heterocycles. The zero-order valence-electron chi connectivity index (χ0n) is 15.9. The molecule has 2 rings (SSSR count). The number of aryl methyl sites for hydroxylation is 1. The molecule has 0 amide bonds. The Morgan fingerprint density at radius 1 is 1.00 bits per heavy atom. The van der Waals surface area contributed by atoms with Crippen molar-refractivity contribution in [3.8, 4) is 0 Å². The van der Waals surface area contributed by atoms with E-state index in [1.54, 1.807) is 49.4 Å². The number of hydrogen-bond donors (Lipinski definition) is 1. The van der Waals surface area contributed by atoms with Crippen molar-refractivity contribution in [1.82, 2.24) is 4.72 Å². The summed E-state index contributed by atoms with van der Waals surface area (Å²) < 4.78 is 37.9. The molecule has 0 aliphatic carbocycles. The van der Waals surface area contributed by atoms with E-state index in [-0.39, 0.29) is 11.5 Å². The molecule has 1 N–H and O–H groups in total. The highest BCUT2D eigenvalue weighted by molar-refractivity contribution is 7.89. The first-order valence-corrected chi connectivity index (χ1v) is 10.2. The lowest BCUT2D eigenvalue weighted by molar-refractivity contribution is -0.152. The highest BCUT2D eigenvalue weighted by Crippen LogP contribution is 2.24. The quantitative estimate of drug-likeness (QED) is 0.676. The molecule has 7 nitrogen and oxygen atoms in total. The van der Waals surface area contributed by atoms with Crippen LogP contribution in [0.2, 0.25) is 0 Å². The minimum Gasteiger partial charge on any atom is -0.468 e. The molecule has 0 fully saturated rings. The van der Waals surface area contributed by atoms with E-state index in [2.05, 4.69) is 4.72 Å². The van der Waals surface area contributed by atoms with Crippen molar-refractivity contribution < 1.29 is 27.5 Å². The number of carbonyl (C=O) groups excluding carboxylic acids is 2. The fourth-order valence-corrected chi connectivity index (χ4v) is 3.89. The second-order valence-electron chi connectivity index (χ2n) is 6.08. The van der Waals surface area contributed by atoms with E-state index in [0.717, 1.165) is 5.56 Å². The average molecular weight is 405 g/mol. The zero-order valence-corrected chi connectivity index (χ0v) is 16.7. The molecule has 150 valence electrons. The molecule has 0 radical (unpaired) electrons. The summed E-state index contributed by atoms with van der Waals surface area (Å²) in [6.45, 7) is 3.46. The lowest BCUT2D eigenvalue weighted by atomic mass is 9.92. The van der Waals surface area contributed by atoms with Gasteiger partial charge in [0.2, 0.25) is 10.0 Å². The van der Waals surface area contributed by atoms with Gasteiger partial charge in [-0.25, -0.2) is 8.42 Å². The van der Waals surface area contributed by atoms with Crippen LogP contribution in [-0.2, 0) is 29.1 Å². The molecule has 8 heteroatoms. The fourth-order valence-electron chi connectivity index (χ4n) is 2.69. The lowest BCUT2D eigenvalue weighted by Gasteiger charge is -2.25. The highest BCUT2D eigenvalue weighted by Gasteiger charge is 2.40. The summed E-state index contributed by atoms with van der Waals surface area (Å²) in [5.74, 6) is -2.82. The standard InChI is InChI=1S/C20H23NO6S/c1-4-27-20(23)18(17(19(22)26-3)15-8-6-5-7-9-15)21-28(24,25)16-12-10-14(2)11-13-16/h5-13,17-18,21H,4H2,1-3H3/t17-,18+/m0/s1. The van der Waals surface area contributed by atoms with Crippen LogP contribution in [0.1, 0.15) is 24.0 Å². The number of benzene rings is 2. The lowest BCUT2D eigenvalue weighted by Crippen LogP contribution is -2.48. The molecule has 0 aromatic heterocycles. The van der Waals surface area contributed by atoms with E-state index in [1.165, 1.54) is 19.2 Å². The molecular formula is C20H23NO6S. The first-order valence-electron chi connectivity index (χ1n) is 8.68. The van der Waals surface area contributed by atoms with Gasteiger partial charge in [0, 0.05) is 0 Å². The number of carbonyl (C=O) groups is 2. The molecule has 0 heterocycles. The SMILES string of the molecule is CCOC(=O)[C@H](NS(=O)(=O)c1ccc(C)cc1)[C@@H](C(=O)OC)c1ccccc1. The Hall–Kier alpha value is -2.71. The topological polar surface area (TPSA) is 98.8 Å². The van der Waals surface area contributed by atoms with Gasteiger partial charge < -0.3 is 9.47 Å². The molecule has 0 aliphatic rings. The molecule has 0 bridgehead atoms. The first kappa shape index (κ1) is 21.6. The van der Waals surface area contributed by atoms with Crippen LogP contribution in [0.25, 0.3) is 0 Å². The smallest absolute Gasteiger partial charge is 0.325 e. The number of sulfonamides is 1. The summed E-state index contributed by atoms with van der Waals surface area (Å²) in [5.41, 5.74) is 1.32. The summed E-state index contributed by atoms with van der Waals surface area (Å²) in [5, 5.41) is 0. The predicted molar refractivity (Wildman–Crippen MR) is 103 cm³/mol. The number of methoxy groups -OCH3 is 1. The molecule has 28 heavy (non-hydrogen) atoms. The largest absolute Gasteiger partial charge is 0.468 e. The maximum atomic E-state index is 12.8. The highest BCUT2D eigenvalue weighted by atomic mass is 32.2. The Kier molecular flexibility index (Phi) is 7.31. The molecule has 0 aliphatic heterocycles. The number of esters is 2. The fraction of sp³-hybridized carbons (Fsp3) is 0.300.